The molecule has 0 bridgehead atoms. The van der Waals surface area contributed by atoms with Gasteiger partial charge in [-0.1, -0.05) is 71.9 Å². The molecular formula is C29H35N. The number of hydrogen-bond donors (Lipinski definition) is 0. The Bertz CT molecular complexity index is 1020. The molecule has 3 aromatic rings. The fraction of sp³-hybridized carbons (Fsp3) is 0.379. The zero-order valence-corrected chi connectivity index (χ0v) is 19.4. The molecule has 0 saturated carbocycles. The van der Waals surface area contributed by atoms with Gasteiger partial charge in [0.05, 0.1) is 0 Å². The van der Waals surface area contributed by atoms with E-state index in [9.17, 15) is 0 Å². The van der Waals surface area contributed by atoms with E-state index < -0.39 is 0 Å². The van der Waals surface area contributed by atoms with Gasteiger partial charge < -0.3 is 4.90 Å². The minimum absolute atomic E-state index is 0.159. The van der Waals surface area contributed by atoms with Crippen LogP contribution in [0.3, 0.4) is 0 Å². The summed E-state index contributed by atoms with van der Waals surface area (Å²) in [6.07, 6.45) is 3.55. The highest BCUT2D eigenvalue weighted by Gasteiger charge is 2.21. The van der Waals surface area contributed by atoms with Gasteiger partial charge in [0.1, 0.15) is 0 Å². The van der Waals surface area contributed by atoms with Crippen LogP contribution in [0.4, 0.5) is 17.1 Å². The first kappa shape index (κ1) is 20.7. The molecule has 0 amide bonds. The van der Waals surface area contributed by atoms with Gasteiger partial charge in [-0.3, -0.25) is 0 Å². The predicted molar refractivity (Wildman–Crippen MR) is 131 cm³/mol. The molecule has 1 heteroatoms. The summed E-state index contributed by atoms with van der Waals surface area (Å²) in [5, 5.41) is 0. The van der Waals surface area contributed by atoms with Gasteiger partial charge in [0, 0.05) is 17.1 Å². The van der Waals surface area contributed by atoms with Crippen molar-refractivity contribution in [3.63, 3.8) is 0 Å². The highest BCUT2D eigenvalue weighted by Crippen LogP contribution is 2.39. The second kappa shape index (κ2) is 7.61. The maximum atomic E-state index is 2.40. The molecule has 1 nitrogen and oxygen atoms in total. The quantitative estimate of drug-likeness (QED) is 0.419. The summed E-state index contributed by atoms with van der Waals surface area (Å²) in [6.45, 7) is 13.7. The van der Waals surface area contributed by atoms with Crippen molar-refractivity contribution in [2.75, 3.05) is 4.90 Å². The van der Waals surface area contributed by atoms with Crippen LogP contribution in [0.5, 0.6) is 0 Å². The molecular weight excluding hydrogens is 362 g/mol. The number of anilines is 3. The van der Waals surface area contributed by atoms with Gasteiger partial charge in [-0.15, -0.1) is 0 Å². The van der Waals surface area contributed by atoms with Gasteiger partial charge in [0.25, 0.3) is 0 Å². The lowest BCUT2D eigenvalue weighted by molar-refractivity contribution is 0.506. The van der Waals surface area contributed by atoms with Crippen LogP contribution in [0.15, 0.2) is 66.7 Å². The standard InChI is InChI=1S/C29H35N/c1-7-29(5,6)24-13-18-26(19-14-24)30(27-15-10-21-8-9-22(21)20-27)25-16-11-23(12-17-25)28(2,3)4/h10-20H,7-9H2,1-6H3. The molecule has 156 valence electrons. The Labute approximate surface area is 182 Å². The van der Waals surface area contributed by atoms with E-state index in [0.717, 1.165) is 6.42 Å². The summed E-state index contributed by atoms with van der Waals surface area (Å²) in [4.78, 5) is 2.40. The van der Waals surface area contributed by atoms with Crippen LogP contribution >= 0.6 is 0 Å². The molecule has 0 heterocycles. The largest absolute Gasteiger partial charge is 0.310 e. The first-order valence-electron chi connectivity index (χ1n) is 11.3. The third-order valence-electron chi connectivity index (χ3n) is 6.89. The first-order valence-corrected chi connectivity index (χ1v) is 11.3. The van der Waals surface area contributed by atoms with Crippen LogP contribution in [0.2, 0.25) is 0 Å². The number of hydrogen-bond acceptors (Lipinski definition) is 1. The average Bonchev–Trinajstić information content (AvgIpc) is 2.70. The summed E-state index contributed by atoms with van der Waals surface area (Å²) < 4.78 is 0. The molecule has 0 aliphatic heterocycles. The fourth-order valence-corrected chi connectivity index (χ4v) is 4.14. The van der Waals surface area contributed by atoms with Crippen LogP contribution in [0.1, 0.15) is 70.2 Å². The highest BCUT2D eigenvalue weighted by molar-refractivity contribution is 5.77. The zero-order valence-electron chi connectivity index (χ0n) is 19.4. The van der Waals surface area contributed by atoms with Gasteiger partial charge in [-0.2, -0.15) is 0 Å². The summed E-state index contributed by atoms with van der Waals surface area (Å²) in [5.74, 6) is 0. The van der Waals surface area contributed by atoms with E-state index in [0.29, 0.717) is 0 Å². The molecule has 0 unspecified atom stereocenters. The molecule has 3 aromatic carbocycles. The maximum absolute atomic E-state index is 2.40. The second-order valence-corrected chi connectivity index (χ2v) is 10.4. The lowest BCUT2D eigenvalue weighted by atomic mass is 9.82. The van der Waals surface area contributed by atoms with E-state index in [1.165, 1.54) is 52.2 Å². The molecule has 30 heavy (non-hydrogen) atoms. The van der Waals surface area contributed by atoms with Crippen LogP contribution in [0, 0.1) is 0 Å². The topological polar surface area (TPSA) is 3.24 Å². The minimum Gasteiger partial charge on any atom is -0.310 e. The van der Waals surface area contributed by atoms with Crippen molar-refractivity contribution in [1.29, 1.82) is 0 Å². The minimum atomic E-state index is 0.159. The first-order chi connectivity index (χ1) is 14.2. The van der Waals surface area contributed by atoms with E-state index in [4.69, 9.17) is 0 Å². The molecule has 0 spiro atoms. The molecule has 0 N–H and O–H groups in total. The summed E-state index contributed by atoms with van der Waals surface area (Å²) in [7, 11) is 0. The number of aryl methyl sites for hydroxylation is 2. The molecule has 0 atom stereocenters. The number of fused-ring (bicyclic) bond motifs is 1. The molecule has 0 radical (unpaired) electrons. The van der Waals surface area contributed by atoms with Crippen LogP contribution in [-0.2, 0) is 23.7 Å². The maximum Gasteiger partial charge on any atom is 0.0464 e. The number of nitrogens with zero attached hydrogens (tertiary/aromatic N) is 1. The van der Waals surface area contributed by atoms with E-state index in [1.807, 2.05) is 0 Å². The molecule has 1 aliphatic carbocycles. The van der Waals surface area contributed by atoms with Crippen LogP contribution < -0.4 is 4.90 Å². The Hall–Kier alpha value is -2.54. The van der Waals surface area contributed by atoms with Crippen molar-refractivity contribution in [3.05, 3.63) is 89.0 Å². The Balaban J connectivity index is 1.77. The van der Waals surface area contributed by atoms with E-state index in [2.05, 4.69) is 113 Å². The van der Waals surface area contributed by atoms with E-state index >= 15 is 0 Å². The van der Waals surface area contributed by atoms with Crippen molar-refractivity contribution in [2.24, 2.45) is 0 Å². The SMILES string of the molecule is CCC(C)(C)c1ccc(N(c2ccc(C(C)(C)C)cc2)c2ccc3c(c2)CC3)cc1. The van der Waals surface area contributed by atoms with Crippen molar-refractivity contribution >= 4 is 17.1 Å². The molecule has 4 rings (SSSR count). The van der Waals surface area contributed by atoms with Gasteiger partial charge in [-0.25, -0.2) is 0 Å². The average molecular weight is 398 g/mol. The zero-order chi connectivity index (χ0) is 21.5. The normalized spacial score (nSPS) is 13.5. The lowest BCUT2D eigenvalue weighted by Crippen LogP contribution is -2.17. The summed E-state index contributed by atoms with van der Waals surface area (Å²) in [5.41, 5.74) is 9.80. The monoisotopic (exact) mass is 397 g/mol. The Kier molecular flexibility index (Phi) is 5.26. The van der Waals surface area contributed by atoms with Crippen LogP contribution in [-0.4, -0.2) is 0 Å². The predicted octanol–water partition coefficient (Wildman–Crippen LogP) is 8.24. The van der Waals surface area contributed by atoms with Crippen molar-refractivity contribution < 1.29 is 0 Å². The Morgan fingerprint density at radius 2 is 1.13 bits per heavy atom. The smallest absolute Gasteiger partial charge is 0.0464 e. The molecule has 1 aliphatic rings. The molecule has 0 fully saturated rings. The molecule has 0 saturated heterocycles. The van der Waals surface area contributed by atoms with Crippen molar-refractivity contribution in [1.82, 2.24) is 0 Å². The number of rotatable bonds is 5. The van der Waals surface area contributed by atoms with Gasteiger partial charge in [-0.05, 0) is 88.7 Å². The third kappa shape index (κ3) is 3.90. The fourth-order valence-electron chi connectivity index (χ4n) is 4.14. The van der Waals surface area contributed by atoms with Gasteiger partial charge >= 0.3 is 0 Å². The van der Waals surface area contributed by atoms with Gasteiger partial charge in [0.15, 0.2) is 0 Å². The third-order valence-corrected chi connectivity index (χ3v) is 6.89. The molecule has 0 aromatic heterocycles. The second-order valence-electron chi connectivity index (χ2n) is 10.4. The Morgan fingerprint density at radius 3 is 1.57 bits per heavy atom. The van der Waals surface area contributed by atoms with E-state index in [-0.39, 0.29) is 10.8 Å². The lowest BCUT2D eigenvalue weighted by Gasteiger charge is -2.30. The Morgan fingerprint density at radius 1 is 0.633 bits per heavy atom. The van der Waals surface area contributed by atoms with Crippen LogP contribution in [0.25, 0.3) is 0 Å². The van der Waals surface area contributed by atoms with Gasteiger partial charge in [0.2, 0.25) is 0 Å². The summed E-state index contributed by atoms with van der Waals surface area (Å²) in [6, 6.07) is 25.2. The van der Waals surface area contributed by atoms with Crippen molar-refractivity contribution in [2.45, 2.75) is 71.6 Å². The highest BCUT2D eigenvalue weighted by atomic mass is 15.1. The number of benzene rings is 3. The van der Waals surface area contributed by atoms with E-state index in [1.54, 1.807) is 0 Å². The summed E-state index contributed by atoms with van der Waals surface area (Å²) >= 11 is 0. The van der Waals surface area contributed by atoms with Crippen molar-refractivity contribution in [3.8, 4) is 0 Å².